The van der Waals surface area contributed by atoms with Crippen LogP contribution < -0.4 is 9.64 Å². The summed E-state index contributed by atoms with van der Waals surface area (Å²) in [6, 6.07) is 17.0. The van der Waals surface area contributed by atoms with Crippen LogP contribution in [-0.2, 0) is 11.2 Å². The molecule has 4 nitrogen and oxygen atoms in total. The number of ether oxygens (including phenoxy) is 1. The van der Waals surface area contributed by atoms with Crippen molar-refractivity contribution in [1.82, 2.24) is 0 Å². The van der Waals surface area contributed by atoms with Crippen molar-refractivity contribution in [2.24, 2.45) is 0 Å². The summed E-state index contributed by atoms with van der Waals surface area (Å²) in [7, 11) is 0. The Morgan fingerprint density at radius 1 is 1.30 bits per heavy atom. The molecule has 0 aromatic heterocycles. The summed E-state index contributed by atoms with van der Waals surface area (Å²) in [4.78, 5) is 14.6. The number of amides is 1. The summed E-state index contributed by atoms with van der Waals surface area (Å²) in [6.07, 6.45) is 0.246. The van der Waals surface area contributed by atoms with Crippen LogP contribution in [0.5, 0.6) is 5.75 Å². The zero-order valence-electron chi connectivity index (χ0n) is 13.2. The summed E-state index contributed by atoms with van der Waals surface area (Å²) in [6.45, 7) is 3.79. The molecule has 3 rings (SSSR count). The third-order valence-corrected chi connectivity index (χ3v) is 4.07. The summed E-state index contributed by atoms with van der Waals surface area (Å²) < 4.78 is 5.75. The zero-order chi connectivity index (χ0) is 16.4. The Balaban J connectivity index is 1.79. The molecule has 2 atom stereocenters. The molecule has 0 bridgehead atoms. The summed E-state index contributed by atoms with van der Waals surface area (Å²) in [5.74, 6) is 0.467. The highest BCUT2D eigenvalue weighted by atomic mass is 16.5. The summed E-state index contributed by atoms with van der Waals surface area (Å²) in [5.41, 5.74) is 2.67. The molecule has 2 unspecified atom stereocenters. The molecule has 0 fully saturated rings. The summed E-state index contributed by atoms with van der Waals surface area (Å²) in [5, 5.41) is 8.94. The third kappa shape index (κ3) is 2.91. The molecule has 1 amide bonds. The fraction of sp³-hybridized carbons (Fsp3) is 0.263. The first-order chi connectivity index (χ1) is 11.1. The van der Waals surface area contributed by atoms with Gasteiger partial charge in [-0.25, -0.2) is 0 Å². The van der Waals surface area contributed by atoms with E-state index < -0.39 is 6.10 Å². The van der Waals surface area contributed by atoms with Crippen molar-refractivity contribution in [2.45, 2.75) is 32.4 Å². The molecule has 1 aliphatic heterocycles. The first-order valence-corrected chi connectivity index (χ1v) is 7.68. The van der Waals surface area contributed by atoms with E-state index >= 15 is 0 Å². The third-order valence-electron chi connectivity index (χ3n) is 4.07. The fourth-order valence-electron chi connectivity index (χ4n) is 2.99. The molecule has 0 saturated heterocycles. The number of benzene rings is 2. The molecule has 4 heteroatoms. The maximum Gasteiger partial charge on any atom is 0.268 e. The number of para-hydroxylation sites is 1. The highest BCUT2D eigenvalue weighted by Crippen LogP contribution is 2.32. The molecule has 2 aromatic rings. The second-order valence-corrected chi connectivity index (χ2v) is 5.79. The Bertz CT molecular complexity index is 779. The molecule has 0 radical (unpaired) electrons. The number of fused-ring (bicyclic) bond motifs is 1. The molecule has 23 heavy (non-hydrogen) atoms. The molecule has 0 saturated carbocycles. The Labute approximate surface area is 135 Å². The highest BCUT2D eigenvalue weighted by Gasteiger charge is 2.33. The number of carbonyl (C=O) groups is 1. The van der Waals surface area contributed by atoms with E-state index in [9.17, 15) is 4.79 Å². The number of carbonyl (C=O) groups excluding carboxylic acids is 1. The van der Waals surface area contributed by atoms with Gasteiger partial charge in [0.25, 0.3) is 5.91 Å². The lowest BCUT2D eigenvalue weighted by Gasteiger charge is -2.26. The van der Waals surface area contributed by atoms with Crippen LogP contribution in [0.25, 0.3) is 0 Å². The molecular weight excluding hydrogens is 288 g/mol. The van der Waals surface area contributed by atoms with Gasteiger partial charge in [-0.15, -0.1) is 0 Å². The number of anilines is 1. The van der Waals surface area contributed by atoms with E-state index in [1.165, 1.54) is 5.56 Å². The van der Waals surface area contributed by atoms with Gasteiger partial charge in [-0.05, 0) is 50.1 Å². The predicted molar refractivity (Wildman–Crippen MR) is 88.3 cm³/mol. The van der Waals surface area contributed by atoms with Crippen molar-refractivity contribution in [2.75, 3.05) is 4.90 Å². The topological polar surface area (TPSA) is 53.3 Å². The van der Waals surface area contributed by atoms with Crippen molar-refractivity contribution >= 4 is 11.6 Å². The van der Waals surface area contributed by atoms with Crippen LogP contribution in [0.2, 0.25) is 0 Å². The monoisotopic (exact) mass is 306 g/mol. The van der Waals surface area contributed by atoms with E-state index in [0.29, 0.717) is 11.3 Å². The highest BCUT2D eigenvalue weighted by molar-refractivity contribution is 5.99. The number of rotatable bonds is 3. The van der Waals surface area contributed by atoms with Gasteiger partial charge in [0.1, 0.15) is 5.75 Å². The van der Waals surface area contributed by atoms with Gasteiger partial charge in [-0.1, -0.05) is 24.3 Å². The Morgan fingerprint density at radius 2 is 2.09 bits per heavy atom. The molecule has 2 aromatic carbocycles. The Hall–Kier alpha value is -2.80. The molecule has 0 spiro atoms. The van der Waals surface area contributed by atoms with Gasteiger partial charge in [0.2, 0.25) is 0 Å². The second kappa shape index (κ2) is 6.13. The number of nitrogens with zero attached hydrogens (tertiary/aromatic N) is 2. The van der Waals surface area contributed by atoms with Gasteiger partial charge in [0.05, 0.1) is 11.6 Å². The van der Waals surface area contributed by atoms with E-state index in [0.717, 1.165) is 12.1 Å². The number of hydrogen-bond acceptors (Lipinski definition) is 3. The van der Waals surface area contributed by atoms with Gasteiger partial charge < -0.3 is 9.64 Å². The largest absolute Gasteiger partial charge is 0.481 e. The Morgan fingerprint density at radius 3 is 2.87 bits per heavy atom. The average Bonchev–Trinajstić information content (AvgIpc) is 2.90. The van der Waals surface area contributed by atoms with Crippen molar-refractivity contribution in [3.63, 3.8) is 0 Å². The Kier molecular flexibility index (Phi) is 4.03. The van der Waals surface area contributed by atoms with Gasteiger partial charge in [-0.2, -0.15) is 5.26 Å². The summed E-state index contributed by atoms with van der Waals surface area (Å²) >= 11 is 0. The van der Waals surface area contributed by atoms with Crippen LogP contribution in [0.15, 0.2) is 48.5 Å². The molecular formula is C19H18N2O2. The minimum atomic E-state index is -0.613. The van der Waals surface area contributed by atoms with E-state index in [2.05, 4.69) is 12.1 Å². The standard InChI is InChI=1S/C19H18N2O2/c1-13-10-16-7-3-4-9-18(16)21(13)19(22)14(2)23-17-8-5-6-15(11-17)12-20/h3-9,11,13-14H,10H2,1-2H3. The van der Waals surface area contributed by atoms with Crippen molar-refractivity contribution < 1.29 is 9.53 Å². The van der Waals surface area contributed by atoms with Crippen molar-refractivity contribution in [3.8, 4) is 11.8 Å². The maximum atomic E-state index is 12.8. The first kappa shape index (κ1) is 15.1. The number of nitriles is 1. The van der Waals surface area contributed by atoms with Gasteiger partial charge in [0.15, 0.2) is 6.10 Å². The first-order valence-electron chi connectivity index (χ1n) is 7.68. The lowest BCUT2D eigenvalue weighted by molar-refractivity contribution is -0.124. The van der Waals surface area contributed by atoms with E-state index in [1.807, 2.05) is 30.0 Å². The van der Waals surface area contributed by atoms with Crippen molar-refractivity contribution in [3.05, 3.63) is 59.7 Å². The minimum absolute atomic E-state index is 0.0650. The van der Waals surface area contributed by atoms with E-state index in [1.54, 1.807) is 31.2 Å². The molecule has 1 aliphatic rings. The smallest absolute Gasteiger partial charge is 0.268 e. The quantitative estimate of drug-likeness (QED) is 0.874. The minimum Gasteiger partial charge on any atom is -0.481 e. The van der Waals surface area contributed by atoms with E-state index in [-0.39, 0.29) is 11.9 Å². The van der Waals surface area contributed by atoms with Crippen LogP contribution in [0, 0.1) is 11.3 Å². The number of hydrogen-bond donors (Lipinski definition) is 0. The van der Waals surface area contributed by atoms with E-state index in [4.69, 9.17) is 10.00 Å². The van der Waals surface area contributed by atoms with Crippen LogP contribution in [0.3, 0.4) is 0 Å². The lowest BCUT2D eigenvalue weighted by atomic mass is 10.1. The molecule has 0 aliphatic carbocycles. The van der Waals surface area contributed by atoms with Gasteiger partial charge in [-0.3, -0.25) is 4.79 Å². The maximum absolute atomic E-state index is 12.8. The SMILES string of the molecule is CC(Oc1cccc(C#N)c1)C(=O)N1c2ccccc2CC1C. The fourth-order valence-corrected chi connectivity index (χ4v) is 2.99. The molecule has 116 valence electrons. The van der Waals surface area contributed by atoms with Gasteiger partial charge in [0, 0.05) is 11.7 Å². The second-order valence-electron chi connectivity index (χ2n) is 5.79. The molecule has 1 heterocycles. The van der Waals surface area contributed by atoms with Crippen LogP contribution in [0.4, 0.5) is 5.69 Å². The lowest BCUT2D eigenvalue weighted by Crippen LogP contribution is -2.43. The van der Waals surface area contributed by atoms with Gasteiger partial charge >= 0.3 is 0 Å². The van der Waals surface area contributed by atoms with Crippen LogP contribution in [-0.4, -0.2) is 18.1 Å². The zero-order valence-corrected chi connectivity index (χ0v) is 13.2. The van der Waals surface area contributed by atoms with Crippen molar-refractivity contribution in [1.29, 1.82) is 5.26 Å². The molecule has 0 N–H and O–H groups in total. The average molecular weight is 306 g/mol. The predicted octanol–water partition coefficient (Wildman–Crippen LogP) is 3.30. The van der Waals surface area contributed by atoms with Crippen LogP contribution >= 0.6 is 0 Å². The normalized spacial score (nSPS) is 17.3. The van der Waals surface area contributed by atoms with Crippen LogP contribution in [0.1, 0.15) is 25.0 Å².